The Hall–Kier alpha value is -1.42. The highest BCUT2D eigenvalue weighted by Gasteiger charge is 2.46. The molecule has 1 heterocycles. The van der Waals surface area contributed by atoms with Gasteiger partial charge in [-0.3, -0.25) is 4.79 Å². The highest BCUT2D eigenvalue weighted by atomic mass is 19.1. The van der Waals surface area contributed by atoms with E-state index in [9.17, 15) is 9.18 Å². The minimum Gasteiger partial charge on any atom is -0.335 e. The average Bonchev–Trinajstić information content (AvgIpc) is 3.08. The van der Waals surface area contributed by atoms with Gasteiger partial charge in [-0.15, -0.1) is 0 Å². The summed E-state index contributed by atoms with van der Waals surface area (Å²) in [5.41, 5.74) is 0.323. The van der Waals surface area contributed by atoms with Crippen LogP contribution in [0.1, 0.15) is 23.2 Å². The van der Waals surface area contributed by atoms with Crippen molar-refractivity contribution in [2.75, 3.05) is 19.6 Å². The molecule has 1 N–H and O–H groups in total. The third kappa shape index (κ3) is 1.93. The van der Waals surface area contributed by atoms with Gasteiger partial charge >= 0.3 is 0 Å². The van der Waals surface area contributed by atoms with Crippen LogP contribution >= 0.6 is 0 Å². The minimum atomic E-state index is -0.430. The van der Waals surface area contributed by atoms with Crippen LogP contribution in [-0.4, -0.2) is 36.0 Å². The van der Waals surface area contributed by atoms with Crippen molar-refractivity contribution < 1.29 is 9.18 Å². The van der Waals surface area contributed by atoms with E-state index in [4.69, 9.17) is 0 Å². The maximum absolute atomic E-state index is 13.5. The summed E-state index contributed by atoms with van der Waals surface area (Å²) in [6.45, 7) is 2.18. The SMILES string of the molecule is O=C(c1ccccc1F)N1CCNC2(CC2)C1. The van der Waals surface area contributed by atoms with Gasteiger partial charge in [-0.1, -0.05) is 12.1 Å². The van der Waals surface area contributed by atoms with Gasteiger partial charge in [0.25, 0.3) is 5.91 Å². The summed E-state index contributed by atoms with van der Waals surface area (Å²) >= 11 is 0. The van der Waals surface area contributed by atoms with E-state index in [1.807, 2.05) is 0 Å². The molecule has 1 aliphatic heterocycles. The fourth-order valence-corrected chi connectivity index (χ4v) is 2.42. The fourth-order valence-electron chi connectivity index (χ4n) is 2.42. The van der Waals surface area contributed by atoms with Gasteiger partial charge in [0.05, 0.1) is 5.56 Å². The number of carbonyl (C=O) groups excluding carboxylic acids is 1. The van der Waals surface area contributed by atoms with Gasteiger partial charge in [0.15, 0.2) is 0 Å². The Labute approximate surface area is 99.6 Å². The highest BCUT2D eigenvalue weighted by molar-refractivity contribution is 5.94. The molecule has 4 heteroatoms. The lowest BCUT2D eigenvalue weighted by Crippen LogP contribution is -2.54. The Bertz CT molecular complexity index is 456. The molecular formula is C13H15FN2O. The van der Waals surface area contributed by atoms with Gasteiger partial charge in [-0.05, 0) is 25.0 Å². The third-order valence-electron chi connectivity index (χ3n) is 3.62. The standard InChI is InChI=1S/C13H15FN2O/c14-11-4-2-1-3-10(11)12(17)16-8-7-15-13(9-16)5-6-13/h1-4,15H,5-9H2. The maximum atomic E-state index is 13.5. The van der Waals surface area contributed by atoms with Gasteiger partial charge < -0.3 is 10.2 Å². The molecule has 0 unspecified atom stereocenters. The molecule has 1 aromatic rings. The number of amides is 1. The van der Waals surface area contributed by atoms with Crippen molar-refractivity contribution in [2.45, 2.75) is 18.4 Å². The molecule has 2 fully saturated rings. The molecule has 1 saturated heterocycles. The number of nitrogens with zero attached hydrogens (tertiary/aromatic N) is 1. The molecule has 1 aliphatic carbocycles. The zero-order chi connectivity index (χ0) is 11.9. The van der Waals surface area contributed by atoms with Crippen molar-refractivity contribution in [1.29, 1.82) is 0 Å². The van der Waals surface area contributed by atoms with E-state index in [2.05, 4.69) is 5.32 Å². The molecule has 0 atom stereocenters. The number of rotatable bonds is 1. The lowest BCUT2D eigenvalue weighted by Gasteiger charge is -2.34. The summed E-state index contributed by atoms with van der Waals surface area (Å²) in [4.78, 5) is 14.0. The average molecular weight is 234 g/mol. The number of benzene rings is 1. The van der Waals surface area contributed by atoms with Gasteiger partial charge in [-0.2, -0.15) is 0 Å². The normalized spacial score (nSPS) is 21.6. The van der Waals surface area contributed by atoms with E-state index >= 15 is 0 Å². The van der Waals surface area contributed by atoms with Crippen LogP contribution in [0.4, 0.5) is 4.39 Å². The van der Waals surface area contributed by atoms with Crippen LogP contribution in [-0.2, 0) is 0 Å². The number of hydrogen-bond acceptors (Lipinski definition) is 2. The number of nitrogens with one attached hydrogen (secondary N) is 1. The first-order valence-corrected chi connectivity index (χ1v) is 5.99. The molecule has 1 aromatic carbocycles. The summed E-state index contributed by atoms with van der Waals surface area (Å²) in [7, 11) is 0. The summed E-state index contributed by atoms with van der Waals surface area (Å²) in [5, 5.41) is 3.43. The smallest absolute Gasteiger partial charge is 0.256 e. The first-order chi connectivity index (χ1) is 8.20. The number of halogens is 1. The van der Waals surface area contributed by atoms with Crippen LogP contribution < -0.4 is 5.32 Å². The van der Waals surface area contributed by atoms with Crippen LogP contribution in [0.25, 0.3) is 0 Å². The molecule has 1 saturated carbocycles. The first kappa shape index (κ1) is 10.7. The van der Waals surface area contributed by atoms with Crippen molar-refractivity contribution in [2.24, 2.45) is 0 Å². The Morgan fingerprint density at radius 2 is 2.12 bits per heavy atom. The van der Waals surface area contributed by atoms with Crippen LogP contribution in [0, 0.1) is 5.82 Å². The molecule has 1 spiro atoms. The zero-order valence-corrected chi connectivity index (χ0v) is 9.58. The molecule has 3 nitrogen and oxygen atoms in total. The van der Waals surface area contributed by atoms with Crippen LogP contribution in [0.15, 0.2) is 24.3 Å². The van der Waals surface area contributed by atoms with Gasteiger partial charge in [-0.25, -0.2) is 4.39 Å². The molecule has 3 rings (SSSR count). The van der Waals surface area contributed by atoms with Gasteiger partial charge in [0.2, 0.25) is 0 Å². The second-order valence-electron chi connectivity index (χ2n) is 4.91. The Balaban J connectivity index is 1.80. The molecule has 0 bridgehead atoms. The fraction of sp³-hybridized carbons (Fsp3) is 0.462. The van der Waals surface area contributed by atoms with Crippen molar-refractivity contribution in [3.63, 3.8) is 0 Å². The monoisotopic (exact) mass is 234 g/mol. The lowest BCUT2D eigenvalue weighted by molar-refractivity contribution is 0.0686. The summed E-state index contributed by atoms with van der Waals surface area (Å²) in [6.07, 6.45) is 2.24. The van der Waals surface area contributed by atoms with Crippen molar-refractivity contribution in [1.82, 2.24) is 10.2 Å². The summed E-state index contributed by atoms with van der Waals surface area (Å²) in [6, 6.07) is 6.19. The lowest BCUT2D eigenvalue weighted by atomic mass is 10.1. The van der Waals surface area contributed by atoms with E-state index in [0.29, 0.717) is 13.1 Å². The number of carbonyl (C=O) groups is 1. The Morgan fingerprint density at radius 3 is 2.82 bits per heavy atom. The quantitative estimate of drug-likeness (QED) is 0.796. The Morgan fingerprint density at radius 1 is 1.35 bits per heavy atom. The second kappa shape index (κ2) is 3.81. The van der Waals surface area contributed by atoms with Crippen LogP contribution in [0.5, 0.6) is 0 Å². The van der Waals surface area contributed by atoms with E-state index < -0.39 is 5.82 Å². The van der Waals surface area contributed by atoms with E-state index in [1.54, 1.807) is 23.1 Å². The largest absolute Gasteiger partial charge is 0.335 e. The predicted octanol–water partition coefficient (Wildman–Crippen LogP) is 1.40. The third-order valence-corrected chi connectivity index (χ3v) is 3.62. The predicted molar refractivity (Wildman–Crippen MR) is 62.3 cm³/mol. The topological polar surface area (TPSA) is 32.3 Å². The van der Waals surface area contributed by atoms with Gasteiger partial charge in [0.1, 0.15) is 5.82 Å². The first-order valence-electron chi connectivity index (χ1n) is 5.99. The highest BCUT2D eigenvalue weighted by Crippen LogP contribution is 2.37. The zero-order valence-electron chi connectivity index (χ0n) is 9.58. The maximum Gasteiger partial charge on any atom is 0.256 e. The molecule has 90 valence electrons. The van der Waals surface area contributed by atoms with Gasteiger partial charge in [0, 0.05) is 25.2 Å². The van der Waals surface area contributed by atoms with E-state index in [0.717, 1.165) is 19.4 Å². The van der Waals surface area contributed by atoms with E-state index in [-0.39, 0.29) is 17.0 Å². The molecule has 1 amide bonds. The van der Waals surface area contributed by atoms with E-state index in [1.165, 1.54) is 6.07 Å². The molecule has 0 radical (unpaired) electrons. The summed E-state index contributed by atoms with van der Waals surface area (Å²) in [5.74, 6) is -0.614. The van der Waals surface area contributed by atoms with Crippen molar-refractivity contribution in [3.8, 4) is 0 Å². The molecule has 2 aliphatic rings. The van der Waals surface area contributed by atoms with Crippen molar-refractivity contribution >= 4 is 5.91 Å². The number of hydrogen-bond donors (Lipinski definition) is 1. The summed E-state index contributed by atoms with van der Waals surface area (Å²) < 4.78 is 13.5. The number of piperazine rings is 1. The minimum absolute atomic E-state index is 0.138. The van der Waals surface area contributed by atoms with Crippen molar-refractivity contribution in [3.05, 3.63) is 35.6 Å². The molecule has 0 aromatic heterocycles. The van der Waals surface area contributed by atoms with Crippen LogP contribution in [0.2, 0.25) is 0 Å². The Kier molecular flexibility index (Phi) is 2.40. The van der Waals surface area contributed by atoms with Crippen LogP contribution in [0.3, 0.4) is 0 Å². The molecular weight excluding hydrogens is 219 g/mol. The molecule has 17 heavy (non-hydrogen) atoms. The second-order valence-corrected chi connectivity index (χ2v) is 4.91.